The number of nitrogens with zero attached hydrogens (tertiary/aromatic N) is 2. The molecule has 1 fully saturated rings. The van der Waals surface area contributed by atoms with Crippen molar-refractivity contribution in [1.82, 2.24) is 4.98 Å². The highest BCUT2D eigenvalue weighted by Gasteiger charge is 2.18. The van der Waals surface area contributed by atoms with Crippen LogP contribution in [0.2, 0.25) is 0 Å². The quantitative estimate of drug-likeness (QED) is 0.699. The van der Waals surface area contributed by atoms with Crippen molar-refractivity contribution in [2.45, 2.75) is 39.0 Å². The molecule has 2 heteroatoms. The van der Waals surface area contributed by atoms with E-state index in [4.69, 9.17) is 0 Å². The highest BCUT2D eigenvalue weighted by atomic mass is 15.1. The average Bonchev–Trinajstić information content (AvgIpc) is 2.69. The third kappa shape index (κ3) is 2.31. The van der Waals surface area contributed by atoms with E-state index in [1.165, 1.54) is 37.3 Å². The fourth-order valence-corrected chi connectivity index (χ4v) is 2.00. The molecule has 0 radical (unpaired) electrons. The molecule has 0 aromatic carbocycles. The van der Waals surface area contributed by atoms with Gasteiger partial charge in [-0.05, 0) is 25.0 Å². The van der Waals surface area contributed by atoms with Crippen molar-refractivity contribution >= 4 is 5.69 Å². The molecule has 0 aliphatic carbocycles. The zero-order valence-corrected chi connectivity index (χ0v) is 9.95. The van der Waals surface area contributed by atoms with E-state index in [1.807, 2.05) is 6.20 Å². The molecule has 0 amide bonds. The van der Waals surface area contributed by atoms with Gasteiger partial charge in [-0.3, -0.25) is 4.98 Å². The maximum absolute atomic E-state index is 4.46. The van der Waals surface area contributed by atoms with E-state index in [0.717, 1.165) is 0 Å². The third-order valence-electron chi connectivity index (χ3n) is 2.98. The largest absolute Gasteiger partial charge is 0.371 e. The zero-order chi connectivity index (χ0) is 10.9. The smallest absolute Gasteiger partial charge is 0.0477 e. The normalized spacial score (nSPS) is 17.1. The van der Waals surface area contributed by atoms with Crippen LogP contribution in [0.1, 0.15) is 39.3 Å². The molecule has 1 aromatic heterocycles. The van der Waals surface area contributed by atoms with Crippen LogP contribution in [-0.2, 0) is 5.41 Å². The van der Waals surface area contributed by atoms with Gasteiger partial charge in [0.2, 0.25) is 0 Å². The second-order valence-electron chi connectivity index (χ2n) is 5.34. The minimum Gasteiger partial charge on any atom is -0.371 e. The molecule has 15 heavy (non-hydrogen) atoms. The van der Waals surface area contributed by atoms with E-state index in [0.29, 0.717) is 0 Å². The topological polar surface area (TPSA) is 16.1 Å². The van der Waals surface area contributed by atoms with E-state index in [9.17, 15) is 0 Å². The molecule has 2 nitrogen and oxygen atoms in total. The number of anilines is 1. The van der Waals surface area contributed by atoms with Crippen LogP contribution >= 0.6 is 0 Å². The molecule has 1 saturated heterocycles. The molecule has 1 aliphatic heterocycles. The molecule has 0 spiro atoms. The van der Waals surface area contributed by atoms with Gasteiger partial charge in [-0.15, -0.1) is 0 Å². The molecule has 2 heterocycles. The van der Waals surface area contributed by atoms with Crippen molar-refractivity contribution in [2.24, 2.45) is 0 Å². The van der Waals surface area contributed by atoms with E-state index >= 15 is 0 Å². The SMILES string of the molecule is CC(C)(C)c1cc(N2CCCC2)ccn1. The van der Waals surface area contributed by atoms with Gasteiger partial charge in [-0.25, -0.2) is 0 Å². The number of aromatic nitrogens is 1. The molecule has 0 bridgehead atoms. The summed E-state index contributed by atoms with van der Waals surface area (Å²) in [6.45, 7) is 9.04. The van der Waals surface area contributed by atoms with Crippen molar-refractivity contribution in [3.05, 3.63) is 24.0 Å². The molecule has 82 valence electrons. The summed E-state index contributed by atoms with van der Waals surface area (Å²) in [5.74, 6) is 0. The number of pyridine rings is 1. The lowest BCUT2D eigenvalue weighted by Gasteiger charge is -2.22. The molecule has 0 saturated carbocycles. The Bertz CT molecular complexity index is 333. The van der Waals surface area contributed by atoms with Gasteiger partial charge < -0.3 is 4.90 Å². The lowest BCUT2D eigenvalue weighted by Crippen LogP contribution is -2.20. The van der Waals surface area contributed by atoms with Gasteiger partial charge in [0.15, 0.2) is 0 Å². The number of hydrogen-bond acceptors (Lipinski definition) is 2. The lowest BCUT2D eigenvalue weighted by molar-refractivity contribution is 0.569. The standard InChI is InChI=1S/C13H20N2/c1-13(2,3)12-10-11(6-7-14-12)15-8-4-5-9-15/h6-7,10H,4-5,8-9H2,1-3H3. The lowest BCUT2D eigenvalue weighted by atomic mass is 9.91. The second kappa shape index (κ2) is 3.84. The van der Waals surface area contributed by atoms with Crippen molar-refractivity contribution in [2.75, 3.05) is 18.0 Å². The summed E-state index contributed by atoms with van der Waals surface area (Å²) in [5.41, 5.74) is 2.68. The van der Waals surface area contributed by atoms with Crippen LogP contribution in [0, 0.1) is 0 Å². The van der Waals surface area contributed by atoms with Crippen molar-refractivity contribution in [3.63, 3.8) is 0 Å². The molecular weight excluding hydrogens is 184 g/mol. The van der Waals surface area contributed by atoms with Crippen molar-refractivity contribution in [3.8, 4) is 0 Å². The number of hydrogen-bond donors (Lipinski definition) is 0. The highest BCUT2D eigenvalue weighted by molar-refractivity contribution is 5.48. The third-order valence-corrected chi connectivity index (χ3v) is 2.98. The second-order valence-corrected chi connectivity index (χ2v) is 5.34. The van der Waals surface area contributed by atoms with Gasteiger partial charge in [0.05, 0.1) is 0 Å². The zero-order valence-electron chi connectivity index (χ0n) is 9.95. The minimum absolute atomic E-state index is 0.149. The van der Waals surface area contributed by atoms with E-state index in [1.54, 1.807) is 0 Å². The molecule has 0 atom stereocenters. The summed E-state index contributed by atoms with van der Waals surface area (Å²) < 4.78 is 0. The highest BCUT2D eigenvalue weighted by Crippen LogP contribution is 2.25. The predicted octanol–water partition coefficient (Wildman–Crippen LogP) is 2.98. The van der Waals surface area contributed by atoms with Crippen LogP contribution in [0.4, 0.5) is 5.69 Å². The molecule has 1 aromatic rings. The monoisotopic (exact) mass is 204 g/mol. The summed E-state index contributed by atoms with van der Waals surface area (Å²) in [5, 5.41) is 0. The van der Waals surface area contributed by atoms with Gasteiger partial charge in [0, 0.05) is 36.1 Å². The summed E-state index contributed by atoms with van der Waals surface area (Å²) in [4.78, 5) is 6.91. The first kappa shape index (κ1) is 10.5. The van der Waals surface area contributed by atoms with Crippen LogP contribution in [0.15, 0.2) is 18.3 Å². The fourth-order valence-electron chi connectivity index (χ4n) is 2.00. The minimum atomic E-state index is 0.149. The molecule has 0 N–H and O–H groups in total. The Morgan fingerprint density at radius 3 is 2.47 bits per heavy atom. The van der Waals surface area contributed by atoms with Crippen LogP contribution in [-0.4, -0.2) is 18.1 Å². The Balaban J connectivity index is 2.26. The van der Waals surface area contributed by atoms with Gasteiger partial charge in [-0.2, -0.15) is 0 Å². The first-order valence-electron chi connectivity index (χ1n) is 5.79. The molecule has 2 rings (SSSR count). The van der Waals surface area contributed by atoms with Crippen LogP contribution in [0.25, 0.3) is 0 Å². The van der Waals surface area contributed by atoms with Gasteiger partial charge >= 0.3 is 0 Å². The van der Waals surface area contributed by atoms with Gasteiger partial charge in [0.1, 0.15) is 0 Å². The number of rotatable bonds is 1. The van der Waals surface area contributed by atoms with E-state index in [2.05, 4.69) is 42.8 Å². The van der Waals surface area contributed by atoms with Crippen LogP contribution < -0.4 is 4.90 Å². The Labute approximate surface area is 92.3 Å². The average molecular weight is 204 g/mol. The van der Waals surface area contributed by atoms with Crippen molar-refractivity contribution in [1.29, 1.82) is 0 Å². The van der Waals surface area contributed by atoms with Crippen molar-refractivity contribution < 1.29 is 0 Å². The molecule has 0 unspecified atom stereocenters. The predicted molar refractivity (Wildman–Crippen MR) is 64.4 cm³/mol. The van der Waals surface area contributed by atoms with Gasteiger partial charge in [0.25, 0.3) is 0 Å². The van der Waals surface area contributed by atoms with E-state index in [-0.39, 0.29) is 5.41 Å². The fraction of sp³-hybridized carbons (Fsp3) is 0.615. The summed E-state index contributed by atoms with van der Waals surface area (Å²) in [6, 6.07) is 4.37. The summed E-state index contributed by atoms with van der Waals surface area (Å²) in [6.07, 6.45) is 4.59. The summed E-state index contributed by atoms with van der Waals surface area (Å²) >= 11 is 0. The Morgan fingerprint density at radius 2 is 1.87 bits per heavy atom. The Hall–Kier alpha value is -1.05. The first-order chi connectivity index (χ1) is 7.07. The first-order valence-corrected chi connectivity index (χ1v) is 5.79. The molecular formula is C13H20N2. The Morgan fingerprint density at radius 1 is 1.20 bits per heavy atom. The van der Waals surface area contributed by atoms with E-state index < -0.39 is 0 Å². The maximum atomic E-state index is 4.46. The van der Waals surface area contributed by atoms with Crippen LogP contribution in [0.5, 0.6) is 0 Å². The maximum Gasteiger partial charge on any atom is 0.0477 e. The van der Waals surface area contributed by atoms with Gasteiger partial charge in [-0.1, -0.05) is 20.8 Å². The summed E-state index contributed by atoms with van der Waals surface area (Å²) in [7, 11) is 0. The Kier molecular flexibility index (Phi) is 2.68. The molecule has 1 aliphatic rings. The van der Waals surface area contributed by atoms with Crippen LogP contribution in [0.3, 0.4) is 0 Å².